The van der Waals surface area contributed by atoms with E-state index in [4.69, 9.17) is 15.2 Å². The molecule has 1 aromatic carbocycles. The average Bonchev–Trinajstić information content (AvgIpc) is 2.79. The lowest BCUT2D eigenvalue weighted by Crippen LogP contribution is -2.50. The van der Waals surface area contributed by atoms with Gasteiger partial charge in [-0.25, -0.2) is 8.78 Å². The Morgan fingerprint density at radius 1 is 1.25 bits per heavy atom. The van der Waals surface area contributed by atoms with Crippen LogP contribution in [0.5, 0.6) is 11.5 Å². The fraction of sp³-hybridized carbons (Fsp3) is 0.455. The van der Waals surface area contributed by atoms with Crippen molar-refractivity contribution in [2.24, 2.45) is 5.73 Å². The maximum atomic E-state index is 13.1. The maximum absolute atomic E-state index is 13.1. The third-order valence-corrected chi connectivity index (χ3v) is 3.15. The van der Waals surface area contributed by atoms with E-state index in [1.165, 1.54) is 0 Å². The molecule has 0 saturated heterocycles. The summed E-state index contributed by atoms with van der Waals surface area (Å²) in [7, 11) is 0. The summed E-state index contributed by atoms with van der Waals surface area (Å²) in [6.07, 6.45) is -1.12. The Bertz CT molecular complexity index is 438. The molecule has 86 valence electrons. The van der Waals surface area contributed by atoms with Gasteiger partial charge in [0.2, 0.25) is 0 Å². The molecule has 0 amide bonds. The lowest BCUT2D eigenvalue weighted by Gasteiger charge is -2.30. The number of benzene rings is 1. The number of hydrogen-bond acceptors (Lipinski definition) is 3. The molecule has 1 aliphatic heterocycles. The third kappa shape index (κ3) is 1.21. The van der Waals surface area contributed by atoms with Crippen molar-refractivity contribution >= 4 is 0 Å². The quantitative estimate of drug-likeness (QED) is 0.791. The van der Waals surface area contributed by atoms with Gasteiger partial charge in [-0.2, -0.15) is 0 Å². The van der Waals surface area contributed by atoms with Crippen LogP contribution in [-0.4, -0.2) is 24.2 Å². The zero-order valence-corrected chi connectivity index (χ0v) is 8.45. The molecular formula is C11H11F2NO2. The molecule has 1 aromatic rings. The molecule has 2 N–H and O–H groups in total. The number of alkyl halides is 2. The van der Waals surface area contributed by atoms with Gasteiger partial charge >= 0.3 is 0 Å². The fourth-order valence-corrected chi connectivity index (χ4v) is 1.95. The molecule has 2 atom stereocenters. The zero-order chi connectivity index (χ0) is 11.4. The van der Waals surface area contributed by atoms with Crippen molar-refractivity contribution in [3.05, 3.63) is 24.3 Å². The molecule has 2 aliphatic rings. The van der Waals surface area contributed by atoms with Crippen LogP contribution >= 0.6 is 0 Å². The first-order chi connectivity index (χ1) is 7.53. The summed E-state index contributed by atoms with van der Waals surface area (Å²) in [5.41, 5.74) is 4.03. The Morgan fingerprint density at radius 2 is 1.88 bits per heavy atom. The van der Waals surface area contributed by atoms with E-state index in [2.05, 4.69) is 0 Å². The molecule has 0 spiro atoms. The Morgan fingerprint density at radius 3 is 2.50 bits per heavy atom. The second-order valence-corrected chi connectivity index (χ2v) is 4.29. The Balaban J connectivity index is 1.84. The Kier molecular flexibility index (Phi) is 1.75. The predicted molar refractivity (Wildman–Crippen MR) is 52.8 cm³/mol. The minimum absolute atomic E-state index is 0.0725. The van der Waals surface area contributed by atoms with E-state index in [-0.39, 0.29) is 13.0 Å². The van der Waals surface area contributed by atoms with Gasteiger partial charge in [0.05, 0.1) is 0 Å². The maximum Gasteiger partial charge on any atom is 0.271 e. The lowest BCUT2D eigenvalue weighted by molar-refractivity contribution is 0.00871. The van der Waals surface area contributed by atoms with Crippen LogP contribution in [-0.2, 0) is 0 Å². The summed E-state index contributed by atoms with van der Waals surface area (Å²) in [5.74, 6) is -1.79. The second kappa shape index (κ2) is 2.85. The molecule has 0 aromatic heterocycles. The highest BCUT2D eigenvalue weighted by Crippen LogP contribution is 2.54. The van der Waals surface area contributed by atoms with E-state index >= 15 is 0 Å². The minimum Gasteiger partial charge on any atom is -0.486 e. The molecule has 16 heavy (non-hydrogen) atoms. The molecule has 3 rings (SSSR count). The molecule has 1 saturated carbocycles. The van der Waals surface area contributed by atoms with Crippen LogP contribution in [0.2, 0.25) is 0 Å². The first-order valence-corrected chi connectivity index (χ1v) is 5.08. The van der Waals surface area contributed by atoms with Gasteiger partial charge in [-0.15, -0.1) is 0 Å². The summed E-state index contributed by atoms with van der Waals surface area (Å²) in [6, 6.07) is 6.98. The van der Waals surface area contributed by atoms with Crippen molar-refractivity contribution in [2.75, 3.05) is 6.61 Å². The number of ether oxygens (including phenoxy) is 2. The van der Waals surface area contributed by atoms with E-state index in [1.807, 2.05) is 0 Å². The van der Waals surface area contributed by atoms with E-state index < -0.39 is 17.6 Å². The fourth-order valence-electron chi connectivity index (χ4n) is 1.95. The zero-order valence-electron chi connectivity index (χ0n) is 8.45. The highest BCUT2D eigenvalue weighted by molar-refractivity contribution is 5.42. The largest absolute Gasteiger partial charge is 0.486 e. The van der Waals surface area contributed by atoms with Gasteiger partial charge in [0.15, 0.2) is 17.6 Å². The molecular weight excluding hydrogens is 216 g/mol. The number of hydrogen-bond donors (Lipinski definition) is 1. The van der Waals surface area contributed by atoms with Crippen LogP contribution < -0.4 is 15.2 Å². The number of fused-ring (bicyclic) bond motifs is 1. The van der Waals surface area contributed by atoms with Gasteiger partial charge in [-0.1, -0.05) is 12.1 Å². The summed E-state index contributed by atoms with van der Waals surface area (Å²) >= 11 is 0. The monoisotopic (exact) mass is 227 g/mol. The molecule has 1 fully saturated rings. The van der Waals surface area contributed by atoms with E-state index in [0.717, 1.165) is 0 Å². The van der Waals surface area contributed by atoms with Crippen LogP contribution in [0, 0.1) is 0 Å². The second-order valence-electron chi connectivity index (χ2n) is 4.29. The minimum atomic E-state index is -2.84. The van der Waals surface area contributed by atoms with Crippen LogP contribution in [0.1, 0.15) is 6.42 Å². The van der Waals surface area contributed by atoms with Gasteiger partial charge in [0.25, 0.3) is 5.92 Å². The number of rotatable bonds is 1. The van der Waals surface area contributed by atoms with Gasteiger partial charge in [-0.05, 0) is 12.1 Å². The topological polar surface area (TPSA) is 44.5 Å². The predicted octanol–water partition coefficient (Wildman–Crippen LogP) is 1.56. The summed E-state index contributed by atoms with van der Waals surface area (Å²) in [5, 5.41) is 0. The summed E-state index contributed by atoms with van der Waals surface area (Å²) < 4.78 is 37.0. The first kappa shape index (κ1) is 9.84. The SMILES string of the molecule is NC1(C2COc3ccccc3O2)CC1(F)F. The van der Waals surface area contributed by atoms with Gasteiger partial charge in [0, 0.05) is 6.42 Å². The van der Waals surface area contributed by atoms with Crippen molar-refractivity contribution < 1.29 is 18.3 Å². The smallest absolute Gasteiger partial charge is 0.271 e. The van der Waals surface area contributed by atoms with Gasteiger partial charge in [-0.3, -0.25) is 0 Å². The lowest BCUT2D eigenvalue weighted by atomic mass is 10.1. The number of para-hydroxylation sites is 2. The van der Waals surface area contributed by atoms with Crippen LogP contribution in [0.25, 0.3) is 0 Å². The standard InChI is InChI=1S/C11H11F2NO2/c12-11(13)6-10(11,14)9-5-15-7-3-1-2-4-8(7)16-9/h1-4,9H,5-6,14H2. The molecule has 5 heteroatoms. The normalized spacial score (nSPS) is 34.6. The van der Waals surface area contributed by atoms with Crippen molar-refractivity contribution in [1.82, 2.24) is 0 Å². The van der Waals surface area contributed by atoms with Crippen molar-refractivity contribution in [1.29, 1.82) is 0 Å². The molecule has 2 unspecified atom stereocenters. The Hall–Kier alpha value is -1.36. The summed E-state index contributed by atoms with van der Waals surface area (Å²) in [4.78, 5) is 0. The van der Waals surface area contributed by atoms with Crippen LogP contribution in [0.3, 0.4) is 0 Å². The molecule has 1 aliphatic carbocycles. The van der Waals surface area contributed by atoms with Crippen LogP contribution in [0.4, 0.5) is 8.78 Å². The van der Waals surface area contributed by atoms with E-state index in [0.29, 0.717) is 11.5 Å². The molecule has 0 bridgehead atoms. The average molecular weight is 227 g/mol. The molecule has 0 radical (unpaired) electrons. The van der Waals surface area contributed by atoms with E-state index in [9.17, 15) is 8.78 Å². The highest BCUT2D eigenvalue weighted by Gasteiger charge is 2.74. The van der Waals surface area contributed by atoms with Gasteiger partial charge in [0.1, 0.15) is 12.1 Å². The van der Waals surface area contributed by atoms with Crippen molar-refractivity contribution in [3.8, 4) is 11.5 Å². The summed E-state index contributed by atoms with van der Waals surface area (Å²) in [6.45, 7) is 0.0725. The van der Waals surface area contributed by atoms with Crippen molar-refractivity contribution in [3.63, 3.8) is 0 Å². The molecule has 3 nitrogen and oxygen atoms in total. The van der Waals surface area contributed by atoms with E-state index in [1.54, 1.807) is 24.3 Å². The number of halogens is 2. The molecule has 1 heterocycles. The highest BCUT2D eigenvalue weighted by atomic mass is 19.3. The number of nitrogens with two attached hydrogens (primary N) is 1. The Labute approximate surface area is 91.1 Å². The third-order valence-electron chi connectivity index (χ3n) is 3.15. The van der Waals surface area contributed by atoms with Gasteiger partial charge < -0.3 is 15.2 Å². The van der Waals surface area contributed by atoms with Crippen molar-refractivity contribution in [2.45, 2.75) is 24.0 Å². The van der Waals surface area contributed by atoms with Crippen LogP contribution in [0.15, 0.2) is 24.3 Å². The first-order valence-electron chi connectivity index (χ1n) is 5.08.